The van der Waals surface area contributed by atoms with Crippen molar-refractivity contribution in [1.82, 2.24) is 14.9 Å². The first kappa shape index (κ1) is 18.9. The first-order chi connectivity index (χ1) is 12.5. The smallest absolute Gasteiger partial charge is 0.272 e. The van der Waals surface area contributed by atoms with Gasteiger partial charge in [-0.1, -0.05) is 36.2 Å². The summed E-state index contributed by atoms with van der Waals surface area (Å²) in [4.78, 5) is 23.1. The van der Waals surface area contributed by atoms with Crippen molar-refractivity contribution in [3.63, 3.8) is 0 Å². The molecule has 1 saturated heterocycles. The maximum atomic E-state index is 12.6. The minimum atomic E-state index is -0.0252. The van der Waals surface area contributed by atoms with Crippen LogP contribution in [-0.2, 0) is 6.42 Å². The number of nitrogens with one attached hydrogen (secondary N) is 1. The van der Waals surface area contributed by atoms with Crippen molar-refractivity contribution in [2.24, 2.45) is 5.92 Å². The summed E-state index contributed by atoms with van der Waals surface area (Å²) in [7, 11) is 0. The van der Waals surface area contributed by atoms with Gasteiger partial charge in [-0.25, -0.2) is 9.97 Å². The molecule has 1 amide bonds. The van der Waals surface area contributed by atoms with E-state index in [4.69, 9.17) is 23.2 Å². The number of rotatable bonds is 5. The molecule has 7 heteroatoms. The van der Waals surface area contributed by atoms with Gasteiger partial charge in [0, 0.05) is 35.9 Å². The highest BCUT2D eigenvalue weighted by molar-refractivity contribution is 6.35. The SMILES string of the molecule is CC1CCCN(C(=O)c2ccnc(NCCc3ccc(Cl)cc3Cl)n2)C1. The lowest BCUT2D eigenvalue weighted by Gasteiger charge is -2.30. The molecule has 26 heavy (non-hydrogen) atoms. The number of carbonyl (C=O) groups excluding carboxylic acids is 1. The number of amides is 1. The average molecular weight is 393 g/mol. The second-order valence-electron chi connectivity index (χ2n) is 6.68. The number of halogens is 2. The second kappa shape index (κ2) is 8.69. The lowest BCUT2D eigenvalue weighted by molar-refractivity contribution is 0.0677. The molecule has 1 fully saturated rings. The van der Waals surface area contributed by atoms with Gasteiger partial charge < -0.3 is 10.2 Å². The number of nitrogens with zero attached hydrogens (tertiary/aromatic N) is 3. The third kappa shape index (κ3) is 4.86. The summed E-state index contributed by atoms with van der Waals surface area (Å²) in [6.45, 7) is 4.37. The van der Waals surface area contributed by atoms with Crippen LogP contribution in [-0.4, -0.2) is 40.4 Å². The van der Waals surface area contributed by atoms with Gasteiger partial charge >= 0.3 is 0 Å². The number of anilines is 1. The van der Waals surface area contributed by atoms with Crippen molar-refractivity contribution in [2.75, 3.05) is 25.0 Å². The summed E-state index contributed by atoms with van der Waals surface area (Å²) in [5.41, 5.74) is 1.43. The van der Waals surface area contributed by atoms with Gasteiger partial charge in [0.1, 0.15) is 5.69 Å². The molecule has 0 spiro atoms. The predicted molar refractivity (Wildman–Crippen MR) is 105 cm³/mol. The van der Waals surface area contributed by atoms with E-state index in [0.717, 1.165) is 25.1 Å². The highest BCUT2D eigenvalue weighted by Gasteiger charge is 2.23. The zero-order valence-electron chi connectivity index (χ0n) is 14.7. The van der Waals surface area contributed by atoms with Gasteiger partial charge in [0.15, 0.2) is 0 Å². The summed E-state index contributed by atoms with van der Waals surface area (Å²) in [6.07, 6.45) is 4.55. The summed E-state index contributed by atoms with van der Waals surface area (Å²) >= 11 is 12.1. The Morgan fingerprint density at radius 1 is 1.35 bits per heavy atom. The molecule has 1 aliphatic heterocycles. The Balaban J connectivity index is 1.59. The van der Waals surface area contributed by atoms with Crippen LogP contribution in [0.5, 0.6) is 0 Å². The van der Waals surface area contributed by atoms with E-state index in [0.29, 0.717) is 40.6 Å². The molecule has 1 atom stereocenters. The fourth-order valence-corrected chi connectivity index (χ4v) is 3.64. The molecular weight excluding hydrogens is 371 g/mol. The number of benzene rings is 1. The number of hydrogen-bond donors (Lipinski definition) is 1. The van der Waals surface area contributed by atoms with Gasteiger partial charge in [-0.05, 0) is 48.9 Å². The molecule has 1 N–H and O–H groups in total. The Hall–Kier alpha value is -1.85. The van der Waals surface area contributed by atoms with Gasteiger partial charge in [0.05, 0.1) is 0 Å². The van der Waals surface area contributed by atoms with E-state index in [1.165, 1.54) is 6.42 Å². The molecule has 0 bridgehead atoms. The van der Waals surface area contributed by atoms with Crippen molar-refractivity contribution in [1.29, 1.82) is 0 Å². The number of piperidine rings is 1. The number of carbonyl (C=O) groups is 1. The van der Waals surface area contributed by atoms with Crippen molar-refractivity contribution in [2.45, 2.75) is 26.2 Å². The fraction of sp³-hybridized carbons (Fsp3) is 0.421. The van der Waals surface area contributed by atoms with Crippen molar-refractivity contribution in [3.05, 3.63) is 51.8 Å². The van der Waals surface area contributed by atoms with Crippen LogP contribution in [0, 0.1) is 5.92 Å². The number of aromatic nitrogens is 2. The fourth-order valence-electron chi connectivity index (χ4n) is 3.13. The van der Waals surface area contributed by atoms with Crippen LogP contribution >= 0.6 is 23.2 Å². The second-order valence-corrected chi connectivity index (χ2v) is 7.52. The molecule has 2 heterocycles. The normalized spacial score (nSPS) is 17.2. The third-order valence-electron chi connectivity index (χ3n) is 4.51. The molecule has 1 aromatic carbocycles. The van der Waals surface area contributed by atoms with E-state index in [1.807, 2.05) is 17.0 Å². The highest BCUT2D eigenvalue weighted by Crippen LogP contribution is 2.21. The van der Waals surface area contributed by atoms with E-state index in [-0.39, 0.29) is 5.91 Å². The molecule has 0 aliphatic carbocycles. The third-order valence-corrected chi connectivity index (χ3v) is 5.10. The Morgan fingerprint density at radius 2 is 2.19 bits per heavy atom. The van der Waals surface area contributed by atoms with Crippen LogP contribution < -0.4 is 5.32 Å². The van der Waals surface area contributed by atoms with Crippen LogP contribution in [0.1, 0.15) is 35.8 Å². The molecule has 138 valence electrons. The highest BCUT2D eigenvalue weighted by atomic mass is 35.5. The van der Waals surface area contributed by atoms with Crippen LogP contribution in [0.2, 0.25) is 10.0 Å². The molecule has 3 rings (SSSR count). The Labute approximate surface area is 163 Å². The average Bonchev–Trinajstić information content (AvgIpc) is 2.63. The molecule has 5 nitrogen and oxygen atoms in total. The van der Waals surface area contributed by atoms with Crippen LogP contribution in [0.25, 0.3) is 0 Å². The molecule has 2 aromatic rings. The standard InChI is InChI=1S/C19H22Cl2N4O/c1-13-3-2-10-25(12-13)18(26)17-7-9-23-19(24-17)22-8-6-14-4-5-15(20)11-16(14)21/h4-5,7,9,11,13H,2-3,6,8,10,12H2,1H3,(H,22,23,24). The van der Waals surface area contributed by atoms with Crippen molar-refractivity contribution < 1.29 is 4.79 Å². The number of hydrogen-bond acceptors (Lipinski definition) is 4. The topological polar surface area (TPSA) is 58.1 Å². The molecule has 0 radical (unpaired) electrons. The van der Waals surface area contributed by atoms with E-state index in [2.05, 4.69) is 22.2 Å². The molecule has 1 aromatic heterocycles. The van der Waals surface area contributed by atoms with E-state index >= 15 is 0 Å². The maximum Gasteiger partial charge on any atom is 0.272 e. The van der Waals surface area contributed by atoms with Gasteiger partial charge in [0.2, 0.25) is 5.95 Å². The van der Waals surface area contributed by atoms with Crippen LogP contribution in [0.4, 0.5) is 5.95 Å². The lowest BCUT2D eigenvalue weighted by Crippen LogP contribution is -2.39. The molecule has 1 unspecified atom stereocenters. The van der Waals surface area contributed by atoms with Gasteiger partial charge in [-0.2, -0.15) is 0 Å². The largest absolute Gasteiger partial charge is 0.354 e. The minimum absolute atomic E-state index is 0.0252. The van der Waals surface area contributed by atoms with Gasteiger partial charge in [-0.15, -0.1) is 0 Å². The summed E-state index contributed by atoms with van der Waals surface area (Å²) in [6, 6.07) is 7.12. The molecular formula is C19H22Cl2N4O. The minimum Gasteiger partial charge on any atom is -0.354 e. The van der Waals surface area contributed by atoms with E-state index < -0.39 is 0 Å². The lowest BCUT2D eigenvalue weighted by atomic mass is 10.00. The van der Waals surface area contributed by atoms with Crippen LogP contribution in [0.15, 0.2) is 30.5 Å². The van der Waals surface area contributed by atoms with Gasteiger partial charge in [-0.3, -0.25) is 4.79 Å². The predicted octanol–water partition coefficient (Wildman–Crippen LogP) is 4.31. The summed E-state index contributed by atoms with van der Waals surface area (Å²) in [5, 5.41) is 4.42. The number of likely N-dealkylation sites (tertiary alicyclic amines) is 1. The zero-order valence-corrected chi connectivity index (χ0v) is 16.2. The van der Waals surface area contributed by atoms with Crippen LogP contribution in [0.3, 0.4) is 0 Å². The first-order valence-corrected chi connectivity index (χ1v) is 9.58. The maximum absolute atomic E-state index is 12.6. The Morgan fingerprint density at radius 3 is 2.96 bits per heavy atom. The summed E-state index contributed by atoms with van der Waals surface area (Å²) < 4.78 is 0. The molecule has 1 aliphatic rings. The first-order valence-electron chi connectivity index (χ1n) is 8.83. The quantitative estimate of drug-likeness (QED) is 0.823. The molecule has 0 saturated carbocycles. The van der Waals surface area contributed by atoms with E-state index in [9.17, 15) is 4.79 Å². The van der Waals surface area contributed by atoms with Crippen molar-refractivity contribution in [3.8, 4) is 0 Å². The Bertz CT molecular complexity index is 784. The Kier molecular flexibility index (Phi) is 6.33. The summed E-state index contributed by atoms with van der Waals surface area (Å²) in [5.74, 6) is 0.963. The van der Waals surface area contributed by atoms with E-state index in [1.54, 1.807) is 18.3 Å². The monoisotopic (exact) mass is 392 g/mol. The van der Waals surface area contributed by atoms with Crippen molar-refractivity contribution >= 4 is 35.1 Å². The zero-order chi connectivity index (χ0) is 18.5. The van der Waals surface area contributed by atoms with Gasteiger partial charge in [0.25, 0.3) is 5.91 Å².